The van der Waals surface area contributed by atoms with Crippen molar-refractivity contribution in [3.05, 3.63) is 94.4 Å². The Morgan fingerprint density at radius 2 is 1.84 bits per heavy atom. The molecular formula is C24H21N7O. The van der Waals surface area contributed by atoms with Crippen LogP contribution in [0, 0.1) is 13.8 Å². The van der Waals surface area contributed by atoms with Crippen molar-refractivity contribution >= 4 is 11.5 Å². The van der Waals surface area contributed by atoms with Crippen molar-refractivity contribution in [2.75, 3.05) is 5.32 Å². The summed E-state index contributed by atoms with van der Waals surface area (Å²) in [7, 11) is 0. The number of H-pyrrole nitrogens is 1. The molecular weight excluding hydrogens is 402 g/mol. The summed E-state index contributed by atoms with van der Waals surface area (Å²) < 4.78 is 1.72. The summed E-state index contributed by atoms with van der Waals surface area (Å²) in [5, 5.41) is 14.0. The van der Waals surface area contributed by atoms with E-state index in [4.69, 9.17) is 0 Å². The lowest BCUT2D eigenvalue weighted by atomic mass is 9.99. The molecule has 0 radical (unpaired) electrons. The van der Waals surface area contributed by atoms with Gasteiger partial charge in [0.25, 0.3) is 5.56 Å². The Balaban J connectivity index is 1.36. The molecule has 0 amide bonds. The van der Waals surface area contributed by atoms with Gasteiger partial charge in [0.1, 0.15) is 0 Å². The van der Waals surface area contributed by atoms with Gasteiger partial charge in [0.2, 0.25) is 5.95 Å². The van der Waals surface area contributed by atoms with Crippen LogP contribution in [0.3, 0.4) is 0 Å². The van der Waals surface area contributed by atoms with Crippen LogP contribution in [0.4, 0.5) is 5.95 Å². The average molecular weight is 423 g/mol. The van der Waals surface area contributed by atoms with Crippen molar-refractivity contribution in [1.82, 2.24) is 29.8 Å². The molecule has 0 aliphatic heterocycles. The first-order chi connectivity index (χ1) is 15.6. The van der Waals surface area contributed by atoms with Crippen LogP contribution in [0.5, 0.6) is 0 Å². The van der Waals surface area contributed by atoms with E-state index in [0.29, 0.717) is 23.6 Å². The molecule has 158 valence electrons. The van der Waals surface area contributed by atoms with E-state index in [1.807, 2.05) is 25.3 Å². The molecule has 0 aliphatic rings. The van der Waals surface area contributed by atoms with Gasteiger partial charge in [-0.25, -0.2) is 10.1 Å². The lowest BCUT2D eigenvalue weighted by Crippen LogP contribution is -2.10. The number of nitrogens with one attached hydrogen (secondary N) is 2. The van der Waals surface area contributed by atoms with E-state index in [2.05, 4.69) is 61.8 Å². The summed E-state index contributed by atoms with van der Waals surface area (Å²) in [6.07, 6.45) is 6.77. The second-order valence-electron chi connectivity index (χ2n) is 7.65. The van der Waals surface area contributed by atoms with Crippen molar-refractivity contribution in [3.8, 4) is 22.3 Å². The molecule has 5 aromatic rings. The van der Waals surface area contributed by atoms with Crippen LogP contribution < -0.4 is 10.9 Å². The highest BCUT2D eigenvalue weighted by Crippen LogP contribution is 2.25. The number of pyridine rings is 1. The van der Waals surface area contributed by atoms with Gasteiger partial charge in [-0.15, -0.1) is 0 Å². The number of benzene rings is 1. The molecule has 0 aliphatic carbocycles. The van der Waals surface area contributed by atoms with E-state index in [1.54, 1.807) is 29.2 Å². The summed E-state index contributed by atoms with van der Waals surface area (Å²) >= 11 is 0. The number of hydrogen-bond donors (Lipinski definition) is 2. The van der Waals surface area contributed by atoms with Gasteiger partial charge in [0.05, 0.1) is 23.5 Å². The molecule has 0 saturated heterocycles. The van der Waals surface area contributed by atoms with E-state index >= 15 is 0 Å². The second kappa shape index (κ2) is 8.07. The minimum Gasteiger partial charge on any atom is -0.350 e. The highest BCUT2D eigenvalue weighted by molar-refractivity contribution is 5.68. The topological polar surface area (TPSA) is 101 Å². The summed E-state index contributed by atoms with van der Waals surface area (Å²) in [6, 6.07) is 14.1. The van der Waals surface area contributed by atoms with Crippen LogP contribution in [-0.4, -0.2) is 29.8 Å². The number of aromatic nitrogens is 6. The predicted octanol–water partition coefficient (Wildman–Crippen LogP) is 3.77. The minimum atomic E-state index is -0.253. The Labute approximate surface area is 184 Å². The second-order valence-corrected chi connectivity index (χ2v) is 7.65. The number of hydrogen-bond acceptors (Lipinski definition) is 6. The maximum absolute atomic E-state index is 12.0. The third kappa shape index (κ3) is 3.74. The SMILES string of the molecule is Cc1cc(-c2ccc(CNc3ncc4cc(-c5ccn[nH]c5=O)cnn34)cc2C)ccn1. The van der Waals surface area contributed by atoms with Gasteiger partial charge >= 0.3 is 0 Å². The Morgan fingerprint density at radius 1 is 0.938 bits per heavy atom. The van der Waals surface area contributed by atoms with Gasteiger partial charge in [-0.05, 0) is 60.4 Å². The summed E-state index contributed by atoms with van der Waals surface area (Å²) in [6.45, 7) is 4.73. The highest BCUT2D eigenvalue weighted by atomic mass is 16.1. The number of rotatable bonds is 5. The number of aryl methyl sites for hydroxylation is 2. The first kappa shape index (κ1) is 19.6. The molecule has 4 aromatic heterocycles. The van der Waals surface area contributed by atoms with Crippen LogP contribution in [0.2, 0.25) is 0 Å². The van der Waals surface area contributed by atoms with Gasteiger partial charge in [-0.2, -0.15) is 14.7 Å². The zero-order valence-electron chi connectivity index (χ0n) is 17.7. The van der Waals surface area contributed by atoms with Crippen LogP contribution >= 0.6 is 0 Å². The maximum atomic E-state index is 12.0. The number of aromatic amines is 1. The highest BCUT2D eigenvalue weighted by Gasteiger charge is 2.10. The summed E-state index contributed by atoms with van der Waals surface area (Å²) in [5.41, 5.74) is 7.49. The molecule has 0 bridgehead atoms. The zero-order valence-corrected chi connectivity index (χ0v) is 17.7. The number of nitrogens with zero attached hydrogens (tertiary/aromatic N) is 5. The monoisotopic (exact) mass is 423 g/mol. The zero-order chi connectivity index (χ0) is 22.1. The molecule has 5 rings (SSSR count). The molecule has 2 N–H and O–H groups in total. The fraction of sp³-hybridized carbons (Fsp3) is 0.125. The smallest absolute Gasteiger partial charge is 0.272 e. The van der Waals surface area contributed by atoms with E-state index in [0.717, 1.165) is 16.8 Å². The lowest BCUT2D eigenvalue weighted by molar-refractivity contribution is 0.912. The molecule has 32 heavy (non-hydrogen) atoms. The van der Waals surface area contributed by atoms with E-state index in [9.17, 15) is 4.79 Å². The molecule has 0 atom stereocenters. The third-order valence-corrected chi connectivity index (χ3v) is 5.37. The number of imidazole rings is 1. The van der Waals surface area contributed by atoms with Gasteiger partial charge in [0.15, 0.2) is 0 Å². The van der Waals surface area contributed by atoms with Gasteiger partial charge in [-0.1, -0.05) is 18.2 Å². The Bertz CT molecular complexity index is 1490. The maximum Gasteiger partial charge on any atom is 0.272 e. The van der Waals surface area contributed by atoms with E-state index in [1.165, 1.54) is 16.7 Å². The van der Waals surface area contributed by atoms with Crippen LogP contribution in [0.1, 0.15) is 16.8 Å². The number of anilines is 1. The molecule has 0 unspecified atom stereocenters. The Kier molecular flexibility index (Phi) is 4.95. The van der Waals surface area contributed by atoms with Crippen molar-refractivity contribution < 1.29 is 0 Å². The fourth-order valence-corrected chi connectivity index (χ4v) is 3.79. The number of fused-ring (bicyclic) bond motifs is 1. The Hall–Kier alpha value is -4.33. The summed E-state index contributed by atoms with van der Waals surface area (Å²) in [5.74, 6) is 0.640. The van der Waals surface area contributed by atoms with Gasteiger partial charge < -0.3 is 5.32 Å². The molecule has 0 saturated carbocycles. The Morgan fingerprint density at radius 3 is 2.66 bits per heavy atom. The summed E-state index contributed by atoms with van der Waals surface area (Å²) in [4.78, 5) is 20.7. The molecule has 8 nitrogen and oxygen atoms in total. The molecule has 1 aromatic carbocycles. The normalized spacial score (nSPS) is 11.1. The minimum absolute atomic E-state index is 0.253. The lowest BCUT2D eigenvalue weighted by Gasteiger charge is -2.10. The van der Waals surface area contributed by atoms with Crippen molar-refractivity contribution in [3.63, 3.8) is 0 Å². The van der Waals surface area contributed by atoms with Crippen LogP contribution in [0.15, 0.2) is 72.0 Å². The van der Waals surface area contributed by atoms with E-state index in [-0.39, 0.29) is 5.56 Å². The van der Waals surface area contributed by atoms with Gasteiger partial charge in [0, 0.05) is 30.2 Å². The quantitative estimate of drug-likeness (QED) is 0.446. The fourth-order valence-electron chi connectivity index (χ4n) is 3.79. The first-order valence-electron chi connectivity index (χ1n) is 10.2. The predicted molar refractivity (Wildman–Crippen MR) is 123 cm³/mol. The molecule has 0 spiro atoms. The molecule has 4 heterocycles. The van der Waals surface area contributed by atoms with Crippen LogP contribution in [-0.2, 0) is 6.54 Å². The first-order valence-corrected chi connectivity index (χ1v) is 10.2. The van der Waals surface area contributed by atoms with Gasteiger partial charge in [-0.3, -0.25) is 9.78 Å². The molecule has 8 heteroatoms. The molecule has 0 fully saturated rings. The van der Waals surface area contributed by atoms with Crippen molar-refractivity contribution in [2.24, 2.45) is 0 Å². The van der Waals surface area contributed by atoms with E-state index < -0.39 is 0 Å². The van der Waals surface area contributed by atoms with Crippen LogP contribution in [0.25, 0.3) is 27.8 Å². The van der Waals surface area contributed by atoms with Crippen molar-refractivity contribution in [2.45, 2.75) is 20.4 Å². The average Bonchev–Trinajstić information content (AvgIpc) is 3.20. The third-order valence-electron chi connectivity index (χ3n) is 5.37. The largest absolute Gasteiger partial charge is 0.350 e. The van der Waals surface area contributed by atoms with Crippen molar-refractivity contribution in [1.29, 1.82) is 0 Å². The standard InChI is InChI=1S/C24H21N7O/c1-15-9-17(3-4-21(15)18-5-7-25-16(2)10-18)12-26-24-27-14-20-11-19(13-29-31(20)24)22-6-8-28-30-23(22)32/h3-11,13-14H,12H2,1-2H3,(H,26,27)(H,30,32).